The molecule has 2 aromatic heterocycles. The highest BCUT2D eigenvalue weighted by molar-refractivity contribution is 5.93. The number of amides is 1. The van der Waals surface area contributed by atoms with Gasteiger partial charge in [-0.05, 0) is 17.9 Å². The number of hydrogen-bond acceptors (Lipinski definition) is 4. The predicted octanol–water partition coefficient (Wildman–Crippen LogP) is 1.15. The number of H-pyrrole nitrogens is 1. The monoisotopic (exact) mass is 263 g/mol. The number of rotatable bonds is 4. The summed E-state index contributed by atoms with van der Waals surface area (Å²) in [4.78, 5) is 22.2. The van der Waals surface area contributed by atoms with Crippen LogP contribution in [0.3, 0.4) is 0 Å². The molecule has 8 nitrogen and oxygen atoms in total. The van der Waals surface area contributed by atoms with Gasteiger partial charge < -0.3 is 15.4 Å². The van der Waals surface area contributed by atoms with E-state index in [-0.39, 0.29) is 23.5 Å². The summed E-state index contributed by atoms with van der Waals surface area (Å²) < 4.78 is 1.25. The van der Waals surface area contributed by atoms with Gasteiger partial charge in [-0.1, -0.05) is 0 Å². The molecule has 2 N–H and O–H groups in total. The second kappa shape index (κ2) is 4.92. The van der Waals surface area contributed by atoms with Crippen molar-refractivity contribution in [3.8, 4) is 0 Å². The van der Waals surface area contributed by atoms with Crippen LogP contribution >= 0.6 is 0 Å². The van der Waals surface area contributed by atoms with Crippen molar-refractivity contribution in [2.75, 3.05) is 0 Å². The summed E-state index contributed by atoms with van der Waals surface area (Å²) in [6.07, 6.45) is 3.29. The Morgan fingerprint density at radius 1 is 1.58 bits per heavy atom. The quantitative estimate of drug-likeness (QED) is 0.637. The summed E-state index contributed by atoms with van der Waals surface area (Å²) in [5, 5.41) is 19.9. The summed E-state index contributed by atoms with van der Waals surface area (Å²) in [5.74, 6) is -0.495. The Balaban J connectivity index is 2.14. The molecule has 0 spiro atoms. The molecule has 19 heavy (non-hydrogen) atoms. The first-order valence-electron chi connectivity index (χ1n) is 5.60. The molecule has 1 unspecified atom stereocenters. The molecule has 8 heteroatoms. The zero-order valence-electron chi connectivity index (χ0n) is 10.5. The number of nitrogens with one attached hydrogen (secondary N) is 2. The Labute approximate surface area is 108 Å². The maximum absolute atomic E-state index is 12.0. The third-order valence-corrected chi connectivity index (χ3v) is 2.88. The molecule has 0 aliphatic carbocycles. The first-order chi connectivity index (χ1) is 9.00. The van der Waals surface area contributed by atoms with E-state index >= 15 is 0 Å². The number of carbonyl (C=O) groups is 1. The zero-order valence-corrected chi connectivity index (χ0v) is 10.5. The number of carbonyl (C=O) groups excluding carboxylic acids is 1. The number of hydrogen-bond donors (Lipinski definition) is 2. The molecule has 2 rings (SSSR count). The largest absolute Gasteiger partial charge is 0.358 e. The van der Waals surface area contributed by atoms with Crippen molar-refractivity contribution in [3.63, 3.8) is 0 Å². The van der Waals surface area contributed by atoms with E-state index < -0.39 is 4.92 Å². The van der Waals surface area contributed by atoms with Gasteiger partial charge in [0.05, 0.1) is 19.3 Å². The van der Waals surface area contributed by atoms with E-state index in [4.69, 9.17) is 0 Å². The van der Waals surface area contributed by atoms with Gasteiger partial charge in [0, 0.05) is 17.8 Å². The maximum Gasteiger partial charge on any atom is 0.323 e. The first kappa shape index (κ1) is 12.8. The Morgan fingerprint density at radius 3 is 2.84 bits per heavy atom. The highest BCUT2D eigenvalue weighted by atomic mass is 16.6. The van der Waals surface area contributed by atoms with Crippen molar-refractivity contribution in [2.45, 2.75) is 13.0 Å². The number of nitrogens with zero attached hydrogens (tertiary/aromatic N) is 3. The normalized spacial score (nSPS) is 12.1. The van der Waals surface area contributed by atoms with E-state index in [1.165, 1.54) is 23.7 Å². The molecule has 0 saturated carbocycles. The molecule has 0 bridgehead atoms. The zero-order chi connectivity index (χ0) is 14.0. The van der Waals surface area contributed by atoms with Crippen molar-refractivity contribution in [3.05, 3.63) is 45.9 Å². The van der Waals surface area contributed by atoms with E-state index in [9.17, 15) is 14.9 Å². The lowest BCUT2D eigenvalue weighted by Crippen LogP contribution is -2.28. The van der Waals surface area contributed by atoms with E-state index in [1.807, 2.05) is 0 Å². The average molecular weight is 263 g/mol. The first-order valence-corrected chi connectivity index (χ1v) is 5.60. The van der Waals surface area contributed by atoms with E-state index in [0.29, 0.717) is 0 Å². The number of nitro groups is 1. The van der Waals surface area contributed by atoms with Gasteiger partial charge in [-0.15, -0.1) is 0 Å². The molecule has 0 aliphatic heterocycles. The van der Waals surface area contributed by atoms with Gasteiger partial charge in [-0.25, -0.2) is 4.57 Å². The molecular formula is C11H13N5O3. The fourth-order valence-corrected chi connectivity index (χ4v) is 1.76. The Morgan fingerprint density at radius 2 is 2.32 bits per heavy atom. The minimum atomic E-state index is -0.531. The molecule has 100 valence electrons. The highest BCUT2D eigenvalue weighted by Crippen LogP contribution is 2.16. The van der Waals surface area contributed by atoms with Gasteiger partial charge in [0.15, 0.2) is 5.69 Å². The minimum absolute atomic E-state index is 0.124. The van der Waals surface area contributed by atoms with Crippen LogP contribution in [0.1, 0.15) is 29.0 Å². The maximum atomic E-state index is 12.0. The van der Waals surface area contributed by atoms with E-state index in [2.05, 4.69) is 15.5 Å². The average Bonchev–Trinajstić information content (AvgIpc) is 2.96. The molecule has 0 aliphatic rings. The van der Waals surface area contributed by atoms with Crippen molar-refractivity contribution >= 4 is 11.7 Å². The lowest BCUT2D eigenvalue weighted by molar-refractivity contribution is -0.391. The van der Waals surface area contributed by atoms with Gasteiger partial charge in [0.1, 0.15) is 0 Å². The fraction of sp³-hybridized carbons (Fsp3) is 0.273. The lowest BCUT2D eigenvalue weighted by atomic mass is 10.2. The summed E-state index contributed by atoms with van der Waals surface area (Å²) in [6.45, 7) is 1.81. The third kappa shape index (κ3) is 2.46. The summed E-state index contributed by atoms with van der Waals surface area (Å²) >= 11 is 0. The van der Waals surface area contributed by atoms with Crippen LogP contribution in [0.2, 0.25) is 0 Å². The van der Waals surface area contributed by atoms with Crippen molar-refractivity contribution in [1.82, 2.24) is 20.1 Å². The van der Waals surface area contributed by atoms with Gasteiger partial charge in [0.2, 0.25) is 0 Å². The van der Waals surface area contributed by atoms with Crippen LogP contribution in [-0.4, -0.2) is 25.6 Å². The SMILES string of the molecule is CC(NC(=O)c1ccc([N+](=O)[O-])n1C)c1cn[nH]c1. The van der Waals surface area contributed by atoms with Crippen LogP contribution in [0.5, 0.6) is 0 Å². The highest BCUT2D eigenvalue weighted by Gasteiger charge is 2.22. The van der Waals surface area contributed by atoms with Crippen LogP contribution < -0.4 is 5.32 Å². The van der Waals surface area contributed by atoms with Crippen LogP contribution in [0.4, 0.5) is 5.82 Å². The second-order valence-corrected chi connectivity index (χ2v) is 4.12. The van der Waals surface area contributed by atoms with Crippen LogP contribution in [-0.2, 0) is 7.05 Å². The van der Waals surface area contributed by atoms with Gasteiger partial charge in [-0.3, -0.25) is 9.89 Å². The van der Waals surface area contributed by atoms with E-state index in [1.54, 1.807) is 19.3 Å². The molecule has 2 aromatic rings. The van der Waals surface area contributed by atoms with Crippen molar-refractivity contribution in [1.29, 1.82) is 0 Å². The third-order valence-electron chi connectivity index (χ3n) is 2.88. The molecule has 0 radical (unpaired) electrons. The second-order valence-electron chi connectivity index (χ2n) is 4.12. The minimum Gasteiger partial charge on any atom is -0.358 e. The molecule has 0 saturated heterocycles. The summed E-state index contributed by atoms with van der Waals surface area (Å²) in [7, 11) is 1.48. The van der Waals surface area contributed by atoms with Crippen molar-refractivity contribution in [2.24, 2.45) is 7.05 Å². The van der Waals surface area contributed by atoms with Crippen LogP contribution in [0.15, 0.2) is 24.5 Å². The standard InChI is InChI=1S/C11H13N5O3/c1-7(8-5-12-13-6-8)14-11(17)9-3-4-10(15(9)2)16(18)19/h3-7H,1-2H3,(H,12,13)(H,14,17). The van der Waals surface area contributed by atoms with Gasteiger partial charge >= 0.3 is 5.82 Å². The molecular weight excluding hydrogens is 250 g/mol. The molecule has 2 heterocycles. The molecule has 0 aromatic carbocycles. The Hall–Kier alpha value is -2.64. The smallest absolute Gasteiger partial charge is 0.323 e. The number of aromatic amines is 1. The van der Waals surface area contributed by atoms with Crippen LogP contribution in [0.25, 0.3) is 0 Å². The lowest BCUT2D eigenvalue weighted by Gasteiger charge is -2.10. The summed E-state index contributed by atoms with van der Waals surface area (Å²) in [6, 6.07) is 2.49. The van der Waals surface area contributed by atoms with Crippen molar-refractivity contribution < 1.29 is 9.72 Å². The topological polar surface area (TPSA) is 106 Å². The van der Waals surface area contributed by atoms with Gasteiger partial charge in [-0.2, -0.15) is 5.10 Å². The molecule has 0 fully saturated rings. The molecule has 1 amide bonds. The fourth-order valence-electron chi connectivity index (χ4n) is 1.76. The van der Waals surface area contributed by atoms with Crippen LogP contribution in [0, 0.1) is 10.1 Å². The Kier molecular flexibility index (Phi) is 3.32. The Bertz CT molecular complexity index is 602. The number of aromatic nitrogens is 3. The van der Waals surface area contributed by atoms with Gasteiger partial charge in [0.25, 0.3) is 5.91 Å². The van der Waals surface area contributed by atoms with E-state index in [0.717, 1.165) is 5.56 Å². The predicted molar refractivity (Wildman–Crippen MR) is 66.5 cm³/mol. The molecule has 1 atom stereocenters. The summed E-state index contributed by atoms with van der Waals surface area (Å²) in [5.41, 5.74) is 1.07.